The number of hydrogen-bond donors (Lipinski definition) is 0. The number of methoxy groups -OCH3 is 2. The van der Waals surface area contributed by atoms with Crippen molar-refractivity contribution in [2.24, 2.45) is 5.92 Å². The summed E-state index contributed by atoms with van der Waals surface area (Å²) in [5.41, 5.74) is 3.12. The molecule has 0 N–H and O–H groups in total. The zero-order chi connectivity index (χ0) is 28.1. The zero-order valence-electron chi connectivity index (χ0n) is 22.3. The predicted molar refractivity (Wildman–Crippen MR) is 150 cm³/mol. The summed E-state index contributed by atoms with van der Waals surface area (Å²) in [4.78, 5) is 28.1. The largest absolute Gasteiger partial charge is 0.481 e. The van der Waals surface area contributed by atoms with Gasteiger partial charge < -0.3 is 14.2 Å². The Balaban J connectivity index is 1.52. The van der Waals surface area contributed by atoms with Crippen LogP contribution in [0.2, 0.25) is 0 Å². The number of rotatable bonds is 8. The van der Waals surface area contributed by atoms with Gasteiger partial charge in [0.05, 0.1) is 14.2 Å². The lowest BCUT2D eigenvalue weighted by atomic mass is 9.84. The smallest absolute Gasteiger partial charge is 0.231 e. The highest BCUT2D eigenvalue weighted by molar-refractivity contribution is 6.17. The van der Waals surface area contributed by atoms with Crippen molar-refractivity contribution in [3.05, 3.63) is 84.6 Å². The normalized spacial score (nSPS) is 14.4. The first kappa shape index (κ1) is 27.3. The van der Waals surface area contributed by atoms with Crippen LogP contribution in [-0.2, 0) is 9.53 Å². The van der Waals surface area contributed by atoms with Crippen molar-refractivity contribution in [3.63, 3.8) is 0 Å². The first-order valence-electron chi connectivity index (χ1n) is 12.9. The second-order valence-electron chi connectivity index (χ2n) is 9.35. The maximum atomic E-state index is 15.6. The van der Waals surface area contributed by atoms with E-state index in [2.05, 4.69) is 15.0 Å². The average Bonchev–Trinajstić information content (AvgIpc) is 3.01. The average molecular weight is 538 g/mol. The Morgan fingerprint density at radius 1 is 0.900 bits per heavy atom. The fourth-order valence-corrected chi connectivity index (χ4v) is 4.72. The summed E-state index contributed by atoms with van der Waals surface area (Å²) < 4.78 is 31.4. The predicted octanol–water partition coefficient (Wildman–Crippen LogP) is 4.99. The summed E-state index contributed by atoms with van der Waals surface area (Å²) in [6.07, 6.45) is 5.95. The van der Waals surface area contributed by atoms with Crippen LogP contribution in [0.4, 0.5) is 10.2 Å². The minimum atomic E-state index is -1.12. The number of carbonyl (C=O) groups is 1. The van der Waals surface area contributed by atoms with E-state index in [1.807, 2.05) is 12.1 Å². The second-order valence-corrected chi connectivity index (χ2v) is 9.35. The Hall–Kier alpha value is -4.31. The van der Waals surface area contributed by atoms with E-state index in [4.69, 9.17) is 22.1 Å². The Labute approximate surface area is 233 Å². The molecule has 8 nitrogen and oxygen atoms in total. The zero-order valence-corrected chi connectivity index (χ0v) is 22.3. The molecular formula is C30H28BFN4O4. The molecule has 4 aromatic rings. The van der Waals surface area contributed by atoms with E-state index >= 15 is 4.39 Å². The molecule has 2 radical (unpaired) electrons. The Morgan fingerprint density at radius 2 is 1.57 bits per heavy atom. The highest BCUT2D eigenvalue weighted by Crippen LogP contribution is 2.33. The van der Waals surface area contributed by atoms with Gasteiger partial charge in [0, 0.05) is 66.9 Å². The van der Waals surface area contributed by atoms with Gasteiger partial charge in [0.15, 0.2) is 0 Å². The van der Waals surface area contributed by atoms with Crippen molar-refractivity contribution in [3.8, 4) is 34.0 Å². The van der Waals surface area contributed by atoms with Crippen LogP contribution in [0.25, 0.3) is 22.3 Å². The third kappa shape index (κ3) is 5.82. The SMILES string of the molecule is [B]C(c1ccc(-c2ccc(OC)nc2)cc1F)N(C(=O)C1CCOCC1)c1cc(-c2ccnc(OC)c2)ccn1. The van der Waals surface area contributed by atoms with Gasteiger partial charge in [-0.15, -0.1) is 0 Å². The van der Waals surface area contributed by atoms with E-state index in [0.29, 0.717) is 49.2 Å². The molecule has 1 aliphatic heterocycles. The van der Waals surface area contributed by atoms with E-state index in [1.54, 1.807) is 62.1 Å². The van der Waals surface area contributed by atoms with E-state index in [1.165, 1.54) is 18.1 Å². The third-order valence-electron chi connectivity index (χ3n) is 6.95. The van der Waals surface area contributed by atoms with Gasteiger partial charge in [-0.2, -0.15) is 0 Å². The Kier molecular flexibility index (Phi) is 8.35. The van der Waals surface area contributed by atoms with Gasteiger partial charge in [-0.25, -0.2) is 19.3 Å². The van der Waals surface area contributed by atoms with Crippen molar-refractivity contribution in [2.45, 2.75) is 18.8 Å². The second kappa shape index (κ2) is 12.3. The number of amides is 1. The molecule has 1 amide bonds. The number of pyridine rings is 3. The topological polar surface area (TPSA) is 86.7 Å². The van der Waals surface area contributed by atoms with Gasteiger partial charge in [0.1, 0.15) is 19.5 Å². The van der Waals surface area contributed by atoms with Crippen molar-refractivity contribution < 1.29 is 23.4 Å². The van der Waals surface area contributed by atoms with Gasteiger partial charge in [-0.1, -0.05) is 12.1 Å². The number of aromatic nitrogens is 3. The lowest BCUT2D eigenvalue weighted by Gasteiger charge is -2.34. The quantitative estimate of drug-likeness (QED) is 0.292. The molecule has 202 valence electrons. The summed E-state index contributed by atoms with van der Waals surface area (Å²) in [5, 5.41) is 0. The summed E-state index contributed by atoms with van der Waals surface area (Å²) in [7, 11) is 9.75. The molecule has 5 rings (SSSR count). The third-order valence-corrected chi connectivity index (χ3v) is 6.95. The maximum Gasteiger partial charge on any atom is 0.231 e. The van der Waals surface area contributed by atoms with Crippen molar-refractivity contribution in [1.82, 2.24) is 15.0 Å². The van der Waals surface area contributed by atoms with E-state index in [0.717, 1.165) is 16.7 Å². The highest BCUT2D eigenvalue weighted by Gasteiger charge is 2.32. The van der Waals surface area contributed by atoms with Gasteiger partial charge in [-0.05, 0) is 59.9 Å². The molecule has 1 aromatic carbocycles. The number of halogens is 1. The van der Waals surface area contributed by atoms with Crippen molar-refractivity contribution in [1.29, 1.82) is 0 Å². The van der Waals surface area contributed by atoms with Gasteiger partial charge >= 0.3 is 0 Å². The number of anilines is 1. The molecule has 10 heteroatoms. The molecule has 1 atom stereocenters. The number of ether oxygens (including phenoxy) is 3. The molecule has 1 aliphatic rings. The summed E-state index contributed by atoms with van der Waals surface area (Å²) in [6, 6.07) is 15.5. The number of nitrogens with zero attached hydrogens (tertiary/aromatic N) is 4. The standard InChI is InChI=1S/C30H28BFN4O4/c1-38-27-6-4-23(18-35-27)20-3-5-24(25(32)15-20)29(31)36(30(37)19-9-13-40-14-10-19)26-16-21(7-11-33-26)22-8-12-34-28(17-22)39-2/h3-8,11-12,15-19,29H,9-10,13-14H2,1-2H3. The lowest BCUT2D eigenvalue weighted by Crippen LogP contribution is -2.42. The first-order valence-corrected chi connectivity index (χ1v) is 12.9. The van der Waals surface area contributed by atoms with E-state index in [9.17, 15) is 4.79 Å². The van der Waals surface area contributed by atoms with Crippen LogP contribution >= 0.6 is 0 Å². The number of benzene rings is 1. The molecule has 0 bridgehead atoms. The van der Waals surface area contributed by atoms with Gasteiger partial charge in [0.2, 0.25) is 17.7 Å². The molecule has 0 saturated carbocycles. The maximum absolute atomic E-state index is 15.6. The van der Waals surface area contributed by atoms with Crippen LogP contribution in [0, 0.1) is 11.7 Å². The summed E-state index contributed by atoms with van der Waals surface area (Å²) >= 11 is 0. The molecule has 1 fully saturated rings. The van der Waals surface area contributed by atoms with E-state index in [-0.39, 0.29) is 17.4 Å². The fourth-order valence-electron chi connectivity index (χ4n) is 4.72. The van der Waals surface area contributed by atoms with Gasteiger partial charge in [-0.3, -0.25) is 9.69 Å². The molecule has 1 saturated heterocycles. The molecule has 1 unspecified atom stereocenters. The summed E-state index contributed by atoms with van der Waals surface area (Å²) in [5.74, 6) is -0.967. The number of hydrogen-bond acceptors (Lipinski definition) is 7. The van der Waals surface area contributed by atoms with Crippen LogP contribution in [0.15, 0.2) is 73.2 Å². The van der Waals surface area contributed by atoms with E-state index < -0.39 is 11.8 Å². The Morgan fingerprint density at radius 3 is 2.25 bits per heavy atom. The van der Waals surface area contributed by atoms with Crippen LogP contribution < -0.4 is 14.4 Å². The van der Waals surface area contributed by atoms with Crippen LogP contribution in [0.5, 0.6) is 11.8 Å². The molecule has 0 aliphatic carbocycles. The fraction of sp³-hybridized carbons (Fsp3) is 0.267. The molecule has 40 heavy (non-hydrogen) atoms. The van der Waals surface area contributed by atoms with Gasteiger partial charge in [0.25, 0.3) is 0 Å². The van der Waals surface area contributed by atoms with Crippen LogP contribution in [0.1, 0.15) is 24.3 Å². The monoisotopic (exact) mass is 538 g/mol. The molecule has 0 spiro atoms. The Bertz CT molecular complexity index is 1480. The van der Waals surface area contributed by atoms with Crippen LogP contribution in [-0.4, -0.2) is 56.1 Å². The van der Waals surface area contributed by atoms with Crippen molar-refractivity contribution in [2.75, 3.05) is 32.3 Å². The number of carbonyl (C=O) groups excluding carboxylic acids is 1. The van der Waals surface area contributed by atoms with Crippen LogP contribution in [0.3, 0.4) is 0 Å². The lowest BCUT2D eigenvalue weighted by molar-refractivity contribution is -0.125. The highest BCUT2D eigenvalue weighted by atomic mass is 19.1. The molecule has 3 aromatic heterocycles. The minimum absolute atomic E-state index is 0.170. The molecular weight excluding hydrogens is 510 g/mol. The summed E-state index contributed by atoms with van der Waals surface area (Å²) in [6.45, 7) is 0.950. The van der Waals surface area contributed by atoms with Crippen molar-refractivity contribution >= 4 is 19.6 Å². The minimum Gasteiger partial charge on any atom is -0.481 e. The first-order chi connectivity index (χ1) is 19.5. The molecule has 4 heterocycles.